The Morgan fingerprint density at radius 1 is 0.906 bits per heavy atom. The van der Waals surface area contributed by atoms with Crippen LogP contribution in [0, 0.1) is 35.5 Å². The van der Waals surface area contributed by atoms with Crippen molar-refractivity contribution >= 4 is 29.4 Å². The summed E-state index contributed by atoms with van der Waals surface area (Å²) in [6.45, 7) is 10.2. The number of piperazine rings is 1. The summed E-state index contributed by atoms with van der Waals surface area (Å²) in [4.78, 5) is 74.0. The molecule has 1 saturated carbocycles. The predicted octanol–water partition coefficient (Wildman–Crippen LogP) is 2.88. The summed E-state index contributed by atoms with van der Waals surface area (Å²) in [5.41, 5.74) is 1.63. The van der Waals surface area contributed by atoms with Gasteiger partial charge in [0, 0.05) is 90.6 Å². The molecule has 0 aromatic heterocycles. The summed E-state index contributed by atoms with van der Waals surface area (Å²) < 4.78 is 30.1. The van der Waals surface area contributed by atoms with Gasteiger partial charge in [-0.1, -0.05) is 38.5 Å². The monoisotopic (exact) mass is 902 g/mol. The average Bonchev–Trinajstić information content (AvgIpc) is 3.28. The molecule has 5 heterocycles. The Bertz CT molecular complexity index is 1730. The van der Waals surface area contributed by atoms with E-state index in [-0.39, 0.29) is 42.9 Å². The molecule has 16 nitrogen and oxygen atoms in total. The number of carbonyl (C=O) groups excluding carboxylic acids is 5. The molecular formula is C48H75N3O13. The van der Waals surface area contributed by atoms with Crippen LogP contribution in [0.1, 0.15) is 105 Å². The molecule has 15 atom stereocenters. The van der Waals surface area contributed by atoms with Gasteiger partial charge in [-0.05, 0) is 88.5 Å². The van der Waals surface area contributed by atoms with Gasteiger partial charge in [0.25, 0.3) is 11.7 Å². The van der Waals surface area contributed by atoms with Crippen molar-refractivity contribution in [3.63, 3.8) is 0 Å². The smallest absolute Gasteiger partial charge is 0.330 e. The van der Waals surface area contributed by atoms with Gasteiger partial charge in [-0.3, -0.25) is 19.2 Å². The standard InChI is InChI=1S/C48H75N3O13/c1-27-20-28(2)22-39(61-6)44-40(62-7)23-29(3)48(59,64-44)45(56)46(57)51-17-9-11-33-34(24-31-13-14-35(52)38(25-31)60-5)43(63-47(58)42(33)51)30(4)36(53)26-37(54)32(21-27)10-8-12-41(55)50-18-15-49-16-19-50/h21,24,28-33,35-36,38-40,42-44,49,52-53,59H,8-20,22-23,25-26H2,1-7H3/b27-21+,34-24+/t28-,29+,30+,31-,32+,33?,35+,36-,38+,39-,40-,42-,43-,44+,48+/m0/s1. The first-order chi connectivity index (χ1) is 30.5. The first-order valence-electron chi connectivity index (χ1n) is 23.8. The molecule has 4 saturated heterocycles. The number of Topliss-reactive ketones (excluding diaryl/α,β-unsaturated/α-hetero) is 2. The van der Waals surface area contributed by atoms with E-state index in [9.17, 15) is 39.3 Å². The van der Waals surface area contributed by atoms with E-state index in [0.717, 1.165) is 18.7 Å². The van der Waals surface area contributed by atoms with E-state index in [1.807, 2.05) is 30.9 Å². The van der Waals surface area contributed by atoms with E-state index in [1.54, 1.807) is 21.0 Å². The summed E-state index contributed by atoms with van der Waals surface area (Å²) in [6, 6.07) is -1.20. The van der Waals surface area contributed by atoms with Gasteiger partial charge in [-0.15, -0.1) is 0 Å². The topological polar surface area (TPSA) is 211 Å². The van der Waals surface area contributed by atoms with Crippen LogP contribution in [0.25, 0.3) is 0 Å². The third kappa shape index (κ3) is 11.2. The Balaban J connectivity index is 1.38. The number of aliphatic hydroxyl groups is 3. The highest BCUT2D eigenvalue weighted by atomic mass is 16.7. The number of esters is 1. The Labute approximate surface area is 378 Å². The van der Waals surface area contributed by atoms with Gasteiger partial charge in [-0.25, -0.2) is 4.79 Å². The van der Waals surface area contributed by atoms with Crippen molar-refractivity contribution in [3.8, 4) is 0 Å². The van der Waals surface area contributed by atoms with Crippen molar-refractivity contribution < 1.29 is 63.0 Å². The highest BCUT2D eigenvalue weighted by Crippen LogP contribution is 2.44. The van der Waals surface area contributed by atoms with Gasteiger partial charge >= 0.3 is 5.97 Å². The Kier molecular flexibility index (Phi) is 17.4. The summed E-state index contributed by atoms with van der Waals surface area (Å²) >= 11 is 0. The van der Waals surface area contributed by atoms with E-state index in [1.165, 1.54) is 19.1 Å². The normalized spacial score (nSPS) is 41.3. The Morgan fingerprint density at radius 3 is 2.28 bits per heavy atom. The number of carbonyl (C=O) groups is 5. The first-order valence-corrected chi connectivity index (χ1v) is 23.8. The summed E-state index contributed by atoms with van der Waals surface area (Å²) in [5, 5.41) is 38.1. The van der Waals surface area contributed by atoms with Crippen LogP contribution in [0.3, 0.4) is 0 Å². The zero-order chi connectivity index (χ0) is 46.5. The number of methoxy groups -OCH3 is 3. The molecule has 1 unspecified atom stereocenters. The maximum atomic E-state index is 14.5. The van der Waals surface area contributed by atoms with Gasteiger partial charge in [0.05, 0.1) is 30.5 Å². The lowest BCUT2D eigenvalue weighted by Crippen LogP contribution is -2.66. The number of piperidine rings is 1. The molecule has 0 radical (unpaired) electrons. The van der Waals surface area contributed by atoms with Crippen molar-refractivity contribution in [3.05, 3.63) is 23.3 Å². The van der Waals surface area contributed by atoms with Gasteiger partial charge < -0.3 is 54.1 Å². The second-order valence-electron chi connectivity index (χ2n) is 19.7. The quantitative estimate of drug-likeness (QED) is 0.157. The molecule has 0 aromatic carbocycles. The third-order valence-corrected chi connectivity index (χ3v) is 15.2. The summed E-state index contributed by atoms with van der Waals surface area (Å²) in [6.07, 6.45) is 3.24. The maximum absolute atomic E-state index is 14.5. The van der Waals surface area contributed by atoms with Crippen molar-refractivity contribution in [1.29, 1.82) is 0 Å². The van der Waals surface area contributed by atoms with Crippen LogP contribution in [-0.2, 0) is 47.7 Å². The van der Waals surface area contributed by atoms with E-state index < -0.39 is 95.9 Å². The number of hydrogen-bond acceptors (Lipinski definition) is 14. The molecule has 0 spiro atoms. The van der Waals surface area contributed by atoms with Crippen molar-refractivity contribution in [2.75, 3.05) is 54.1 Å². The van der Waals surface area contributed by atoms with Gasteiger partial charge in [0.1, 0.15) is 24.0 Å². The molecule has 2 amide bonds. The fraction of sp³-hybridized carbons (Fsp3) is 0.812. The zero-order valence-electron chi connectivity index (χ0n) is 39.1. The lowest BCUT2D eigenvalue weighted by atomic mass is 9.72. The van der Waals surface area contributed by atoms with Crippen molar-refractivity contribution in [2.24, 2.45) is 35.5 Å². The van der Waals surface area contributed by atoms with E-state index in [0.29, 0.717) is 82.9 Å². The van der Waals surface area contributed by atoms with E-state index >= 15 is 0 Å². The first kappa shape index (κ1) is 50.3. The SMILES string of the molecule is CO[C@H]1C[C@@H](C)C/C(C)=C/[C@@H](CCCC(=O)N2CCNCC2)C(=O)C[C@H](O)[C@@H](C)[C@@H]2OC(=O)[C@@H]3C(CCCN3C(=O)C(=O)[C@]3(O)O[C@H]1[C@@H](OC)C[C@H]3C)/C2=C\[C@@H]1CC[C@@H](O)[C@H](OC)C1. The second-order valence-corrected chi connectivity index (χ2v) is 19.7. The third-order valence-electron chi connectivity index (χ3n) is 15.2. The minimum absolute atomic E-state index is 0.0299. The molecular weight excluding hydrogens is 827 g/mol. The molecule has 6 rings (SSSR count). The molecule has 4 bridgehead atoms. The number of hydrogen-bond donors (Lipinski definition) is 4. The fourth-order valence-corrected chi connectivity index (χ4v) is 11.4. The van der Waals surface area contributed by atoms with Crippen LogP contribution >= 0.6 is 0 Å². The molecule has 0 aromatic rings. The minimum Gasteiger partial charge on any atom is -0.456 e. The molecule has 1 aliphatic carbocycles. The zero-order valence-corrected chi connectivity index (χ0v) is 39.1. The number of ketones is 2. The number of nitrogens with one attached hydrogen (secondary N) is 1. The van der Waals surface area contributed by atoms with Crippen LogP contribution < -0.4 is 5.32 Å². The highest BCUT2D eigenvalue weighted by molar-refractivity contribution is 6.39. The Hall–Kier alpha value is -3.09. The second kappa shape index (κ2) is 22.1. The summed E-state index contributed by atoms with van der Waals surface area (Å²) in [5.74, 6) is -8.57. The number of fused-ring (bicyclic) bond motifs is 4. The number of rotatable bonds is 8. The minimum atomic E-state index is -2.55. The molecule has 5 fully saturated rings. The van der Waals surface area contributed by atoms with Crippen molar-refractivity contribution in [2.45, 2.75) is 159 Å². The van der Waals surface area contributed by atoms with Crippen LogP contribution in [0.15, 0.2) is 23.3 Å². The number of aliphatic hydroxyl groups excluding tert-OH is 2. The van der Waals surface area contributed by atoms with Crippen LogP contribution in [0.4, 0.5) is 0 Å². The number of amides is 2. The molecule has 16 heteroatoms. The van der Waals surface area contributed by atoms with Crippen LogP contribution in [0.2, 0.25) is 0 Å². The lowest BCUT2D eigenvalue weighted by Gasteiger charge is -2.49. The largest absolute Gasteiger partial charge is 0.456 e. The predicted molar refractivity (Wildman–Crippen MR) is 234 cm³/mol. The number of nitrogens with zero attached hydrogens (tertiary/aromatic N) is 2. The fourth-order valence-electron chi connectivity index (χ4n) is 11.4. The van der Waals surface area contributed by atoms with E-state index in [4.69, 9.17) is 23.7 Å². The molecule has 4 N–H and O–H groups in total. The molecule has 360 valence electrons. The number of ether oxygens (including phenoxy) is 5. The number of allylic oxidation sites excluding steroid dienone is 3. The van der Waals surface area contributed by atoms with E-state index in [2.05, 4.69) is 5.32 Å². The highest BCUT2D eigenvalue weighted by Gasteiger charge is 2.58. The average molecular weight is 902 g/mol. The molecule has 6 aliphatic rings. The van der Waals surface area contributed by atoms with Crippen LogP contribution in [-0.4, -0.2) is 163 Å². The van der Waals surface area contributed by atoms with Gasteiger partial charge in [-0.2, -0.15) is 0 Å². The summed E-state index contributed by atoms with van der Waals surface area (Å²) in [7, 11) is 4.61. The van der Waals surface area contributed by atoms with Gasteiger partial charge in [0.2, 0.25) is 11.7 Å². The van der Waals surface area contributed by atoms with Crippen LogP contribution in [0.5, 0.6) is 0 Å². The van der Waals surface area contributed by atoms with Gasteiger partial charge in [0.15, 0.2) is 0 Å². The lowest BCUT2D eigenvalue weighted by molar-refractivity contribution is -0.302. The maximum Gasteiger partial charge on any atom is 0.330 e. The molecule has 64 heavy (non-hydrogen) atoms. The van der Waals surface area contributed by atoms with Crippen molar-refractivity contribution in [1.82, 2.24) is 15.1 Å². The molecule has 5 aliphatic heterocycles. The Morgan fingerprint density at radius 2 is 1.59 bits per heavy atom.